The topological polar surface area (TPSA) is 76.1 Å². The van der Waals surface area contributed by atoms with Crippen LogP contribution in [0.25, 0.3) is 0 Å². The number of anilines is 2. The molecule has 0 radical (unpaired) electrons. The van der Waals surface area contributed by atoms with Crippen LogP contribution in [0.5, 0.6) is 0 Å². The number of piperidine rings is 1. The first-order valence-electron chi connectivity index (χ1n) is 8.62. The second kappa shape index (κ2) is 7.61. The fourth-order valence-corrected chi connectivity index (χ4v) is 3.28. The van der Waals surface area contributed by atoms with Gasteiger partial charge in [0.25, 0.3) is 0 Å². The number of hydrogen-bond donors (Lipinski definition) is 1. The van der Waals surface area contributed by atoms with Crippen molar-refractivity contribution in [3.63, 3.8) is 0 Å². The number of nitrogens with zero attached hydrogens (tertiary/aromatic N) is 6. The molecule has 0 bridgehead atoms. The predicted molar refractivity (Wildman–Crippen MR) is 96.0 cm³/mol. The van der Waals surface area contributed by atoms with Crippen molar-refractivity contribution in [3.05, 3.63) is 30.5 Å². The van der Waals surface area contributed by atoms with Crippen LogP contribution >= 0.6 is 0 Å². The van der Waals surface area contributed by atoms with Crippen molar-refractivity contribution in [1.29, 1.82) is 0 Å². The molecule has 3 heterocycles. The molecule has 7 heteroatoms. The summed E-state index contributed by atoms with van der Waals surface area (Å²) in [7, 11) is 4.23. The van der Waals surface area contributed by atoms with E-state index in [2.05, 4.69) is 49.6 Å². The molecular weight excluding hydrogens is 302 g/mol. The Kier molecular flexibility index (Phi) is 5.30. The lowest BCUT2D eigenvalue weighted by Gasteiger charge is -2.32. The van der Waals surface area contributed by atoms with E-state index in [4.69, 9.17) is 5.73 Å². The van der Waals surface area contributed by atoms with E-state index in [1.54, 1.807) is 12.3 Å². The number of hydrogen-bond acceptors (Lipinski definition) is 6. The van der Waals surface area contributed by atoms with E-state index in [0.29, 0.717) is 11.7 Å². The first kappa shape index (κ1) is 16.7. The molecule has 0 aliphatic carbocycles. The third-order valence-electron chi connectivity index (χ3n) is 4.56. The summed E-state index contributed by atoms with van der Waals surface area (Å²) in [5, 5.41) is 0. The summed E-state index contributed by atoms with van der Waals surface area (Å²) >= 11 is 0. The Bertz CT molecular complexity index is 644. The summed E-state index contributed by atoms with van der Waals surface area (Å²) in [5.74, 6) is 3.00. The summed E-state index contributed by atoms with van der Waals surface area (Å²) < 4.78 is 2.32. The van der Waals surface area contributed by atoms with Crippen molar-refractivity contribution >= 4 is 11.8 Å². The molecule has 1 fully saturated rings. The third kappa shape index (κ3) is 4.03. The second-order valence-electron chi connectivity index (χ2n) is 6.68. The summed E-state index contributed by atoms with van der Waals surface area (Å²) in [4.78, 5) is 17.7. The monoisotopic (exact) mass is 329 g/mol. The number of nitrogen functional groups attached to an aromatic ring is 1. The van der Waals surface area contributed by atoms with Crippen LogP contribution in [-0.4, -0.2) is 58.1 Å². The Morgan fingerprint density at radius 1 is 1.21 bits per heavy atom. The summed E-state index contributed by atoms with van der Waals surface area (Å²) in [5.41, 5.74) is 5.76. The van der Waals surface area contributed by atoms with Crippen molar-refractivity contribution < 1.29 is 0 Å². The van der Waals surface area contributed by atoms with E-state index < -0.39 is 0 Å². The number of aryl methyl sites for hydroxylation is 1. The number of nitrogens with two attached hydrogens (primary N) is 1. The molecule has 2 N–H and O–H groups in total. The molecule has 0 atom stereocenters. The smallest absolute Gasteiger partial charge is 0.227 e. The second-order valence-corrected chi connectivity index (χ2v) is 6.68. The minimum absolute atomic E-state index is 0.511. The van der Waals surface area contributed by atoms with Crippen molar-refractivity contribution in [2.45, 2.75) is 31.7 Å². The normalized spacial score (nSPS) is 16.0. The van der Waals surface area contributed by atoms with Gasteiger partial charge in [-0.15, -0.1) is 0 Å². The van der Waals surface area contributed by atoms with Gasteiger partial charge in [-0.1, -0.05) is 0 Å². The first-order chi connectivity index (χ1) is 11.6. The molecule has 0 saturated carbocycles. The highest BCUT2D eigenvalue weighted by Gasteiger charge is 2.25. The van der Waals surface area contributed by atoms with E-state index in [1.165, 1.54) is 5.82 Å². The van der Waals surface area contributed by atoms with Gasteiger partial charge >= 0.3 is 0 Å². The molecule has 2 aromatic heterocycles. The van der Waals surface area contributed by atoms with E-state index in [0.717, 1.165) is 51.4 Å². The lowest BCUT2D eigenvalue weighted by Crippen LogP contribution is -2.35. The van der Waals surface area contributed by atoms with Crippen LogP contribution in [0, 0.1) is 0 Å². The quantitative estimate of drug-likeness (QED) is 0.867. The van der Waals surface area contributed by atoms with Gasteiger partial charge < -0.3 is 20.1 Å². The van der Waals surface area contributed by atoms with Crippen LogP contribution < -0.4 is 10.6 Å². The minimum atomic E-state index is 0.511. The van der Waals surface area contributed by atoms with Crippen LogP contribution in [0.4, 0.5) is 11.8 Å². The van der Waals surface area contributed by atoms with Gasteiger partial charge in [-0.2, -0.15) is 4.98 Å². The molecule has 3 rings (SSSR count). The Morgan fingerprint density at radius 3 is 2.71 bits per heavy atom. The van der Waals surface area contributed by atoms with Gasteiger partial charge in [0, 0.05) is 44.1 Å². The molecule has 2 aromatic rings. The highest BCUT2D eigenvalue weighted by atomic mass is 15.3. The maximum atomic E-state index is 5.76. The molecule has 0 aromatic carbocycles. The average molecular weight is 329 g/mol. The maximum Gasteiger partial charge on any atom is 0.227 e. The number of imidazole rings is 1. The van der Waals surface area contributed by atoms with Gasteiger partial charge in [0.1, 0.15) is 11.6 Å². The Labute approximate surface area is 143 Å². The van der Waals surface area contributed by atoms with Crippen LogP contribution in [-0.2, 0) is 6.54 Å². The van der Waals surface area contributed by atoms with Gasteiger partial charge in [0.15, 0.2) is 0 Å². The molecule has 0 unspecified atom stereocenters. The lowest BCUT2D eigenvalue weighted by atomic mass is 9.96. The van der Waals surface area contributed by atoms with Gasteiger partial charge in [-0.3, -0.25) is 0 Å². The third-order valence-corrected chi connectivity index (χ3v) is 4.56. The van der Waals surface area contributed by atoms with E-state index in [1.807, 2.05) is 6.20 Å². The van der Waals surface area contributed by atoms with Crippen molar-refractivity contribution in [2.75, 3.05) is 44.4 Å². The van der Waals surface area contributed by atoms with Gasteiger partial charge in [0.2, 0.25) is 5.95 Å². The Balaban J connectivity index is 1.58. The average Bonchev–Trinajstić information content (AvgIpc) is 3.03. The standard InChI is InChI=1S/C17H27N7/c1-22(2)9-3-10-23-13-8-19-16(23)14-5-11-24(12-6-14)17-20-7-4-15(18)21-17/h4,7-8,13-14H,3,5-6,9-12H2,1-2H3,(H2,18,20,21). The zero-order chi connectivity index (χ0) is 16.9. The largest absolute Gasteiger partial charge is 0.384 e. The number of rotatable bonds is 6. The molecular formula is C17H27N7. The maximum absolute atomic E-state index is 5.76. The first-order valence-corrected chi connectivity index (χ1v) is 8.62. The lowest BCUT2D eigenvalue weighted by molar-refractivity contribution is 0.379. The van der Waals surface area contributed by atoms with Crippen LogP contribution in [0.15, 0.2) is 24.7 Å². The van der Waals surface area contributed by atoms with E-state index >= 15 is 0 Å². The van der Waals surface area contributed by atoms with Crippen LogP contribution in [0.1, 0.15) is 31.0 Å². The summed E-state index contributed by atoms with van der Waals surface area (Å²) in [6, 6.07) is 1.72. The molecule has 0 spiro atoms. The predicted octanol–water partition coefficient (Wildman–Crippen LogP) is 1.59. The van der Waals surface area contributed by atoms with Crippen molar-refractivity contribution in [1.82, 2.24) is 24.4 Å². The molecule has 130 valence electrons. The molecule has 0 amide bonds. The van der Waals surface area contributed by atoms with Crippen LogP contribution in [0.2, 0.25) is 0 Å². The summed E-state index contributed by atoms with van der Waals surface area (Å²) in [6.45, 7) is 4.02. The van der Waals surface area contributed by atoms with Crippen molar-refractivity contribution in [2.24, 2.45) is 0 Å². The fourth-order valence-electron chi connectivity index (χ4n) is 3.28. The van der Waals surface area contributed by atoms with Crippen molar-refractivity contribution in [3.8, 4) is 0 Å². The zero-order valence-electron chi connectivity index (χ0n) is 14.6. The van der Waals surface area contributed by atoms with Gasteiger partial charge in [-0.05, 0) is 46.0 Å². The highest BCUT2D eigenvalue weighted by molar-refractivity contribution is 5.38. The Hall–Kier alpha value is -2.15. The molecule has 1 saturated heterocycles. The highest BCUT2D eigenvalue weighted by Crippen LogP contribution is 2.28. The van der Waals surface area contributed by atoms with E-state index in [-0.39, 0.29) is 0 Å². The molecule has 1 aliphatic heterocycles. The van der Waals surface area contributed by atoms with Gasteiger partial charge in [-0.25, -0.2) is 9.97 Å². The SMILES string of the molecule is CN(C)CCCn1ccnc1C1CCN(c2nccc(N)n2)CC1. The van der Waals surface area contributed by atoms with E-state index in [9.17, 15) is 0 Å². The molecule has 7 nitrogen and oxygen atoms in total. The molecule has 1 aliphatic rings. The summed E-state index contributed by atoms with van der Waals surface area (Å²) in [6.07, 6.45) is 9.05. The number of aromatic nitrogens is 4. The Morgan fingerprint density at radius 2 is 2.00 bits per heavy atom. The zero-order valence-corrected chi connectivity index (χ0v) is 14.6. The fraction of sp³-hybridized carbons (Fsp3) is 0.588. The van der Waals surface area contributed by atoms with Gasteiger partial charge in [0.05, 0.1) is 0 Å². The van der Waals surface area contributed by atoms with Crippen LogP contribution in [0.3, 0.4) is 0 Å². The molecule has 24 heavy (non-hydrogen) atoms. The minimum Gasteiger partial charge on any atom is -0.384 e.